The van der Waals surface area contributed by atoms with Crippen molar-refractivity contribution in [1.82, 2.24) is 0 Å². The van der Waals surface area contributed by atoms with Crippen LogP contribution in [0, 0.1) is 0 Å². The Hall–Kier alpha value is -14.0. The highest BCUT2D eigenvalue weighted by atomic mass is 14.2. The summed E-state index contributed by atoms with van der Waals surface area (Å²) in [5, 5.41) is 22.7. The fourth-order valence-electron chi connectivity index (χ4n) is 17.0. The Morgan fingerprint density at radius 2 is 0.324 bits per heavy atom. The van der Waals surface area contributed by atoms with Gasteiger partial charge in [0, 0.05) is 0 Å². The average Bonchev–Trinajstić information content (AvgIpc) is 0.735. The van der Waals surface area contributed by atoms with Crippen LogP contribution < -0.4 is 0 Å². The Morgan fingerprint density at radius 3 is 0.694 bits per heavy atom. The number of hydrogen-bond acceptors (Lipinski definition) is 0. The smallest absolute Gasteiger partial charge is 0.00262 e. The van der Waals surface area contributed by atoms with Crippen molar-refractivity contribution in [2.24, 2.45) is 0 Å². The van der Waals surface area contributed by atoms with Gasteiger partial charge < -0.3 is 0 Å². The molecule has 0 aliphatic carbocycles. The second-order valence-electron chi connectivity index (χ2n) is 28.5. The van der Waals surface area contributed by atoms with Crippen molar-refractivity contribution in [1.29, 1.82) is 0 Å². The fraction of sp³-hybridized carbons (Fsp3) is 0. The van der Waals surface area contributed by atoms with E-state index in [1.807, 2.05) is 0 Å². The molecule has 502 valence electrons. The standard InChI is InChI=1S/C58H38.C50H32/c1-3-14-39(15-4-1)48-36-49(40-16-5-2-6-17-40)38-50(37-48)45-32-26-41-27-33-46(35-47(41)34-45)58-55-23-11-9-21-53(55)57(54-22-10-12-24-56(54)58)44-30-28-43(29-31-44)52-25-13-19-42-18-7-8-20-51(42)52;1-2-12-38-30-39(27-20-33(38)10-1)40-28-21-34-22-29-41(32-42(34)31-40)50-47-17-7-5-15-45(47)49(46-16-6-8-18-48(46)50)37-25-23-36(24-26-37)44-19-9-13-35-11-3-4-14-43(35)44/h1-38H;1-32H. The van der Waals surface area contributed by atoms with Gasteiger partial charge in [-0.3, -0.25) is 0 Å². The first-order chi connectivity index (χ1) is 53.5. The van der Waals surface area contributed by atoms with Gasteiger partial charge in [-0.25, -0.2) is 0 Å². The molecule has 21 aromatic carbocycles. The lowest BCUT2D eigenvalue weighted by Gasteiger charge is -2.18. The molecule has 0 saturated carbocycles. The van der Waals surface area contributed by atoms with Crippen molar-refractivity contribution < 1.29 is 0 Å². The number of fused-ring (bicyclic) bond motifs is 9. The van der Waals surface area contributed by atoms with E-state index in [1.54, 1.807) is 0 Å². The highest BCUT2D eigenvalue weighted by Gasteiger charge is 2.21. The van der Waals surface area contributed by atoms with E-state index in [-0.39, 0.29) is 0 Å². The minimum Gasteiger partial charge on any atom is -0.0622 e. The van der Waals surface area contributed by atoms with E-state index in [4.69, 9.17) is 0 Å². The highest BCUT2D eigenvalue weighted by Crippen LogP contribution is 2.48. The van der Waals surface area contributed by atoms with Crippen LogP contribution in [-0.2, 0) is 0 Å². The van der Waals surface area contributed by atoms with Gasteiger partial charge in [0.25, 0.3) is 0 Å². The topological polar surface area (TPSA) is 0 Å². The van der Waals surface area contributed by atoms with Crippen molar-refractivity contribution in [2.75, 3.05) is 0 Å². The van der Waals surface area contributed by atoms with Crippen LogP contribution in [0.15, 0.2) is 425 Å². The van der Waals surface area contributed by atoms with E-state index in [1.165, 1.54) is 208 Å². The van der Waals surface area contributed by atoms with Crippen molar-refractivity contribution in [3.8, 4) is 111 Å². The van der Waals surface area contributed by atoms with Gasteiger partial charge in [0.15, 0.2) is 0 Å². The van der Waals surface area contributed by atoms with Crippen molar-refractivity contribution >= 4 is 97.0 Å². The zero-order valence-electron chi connectivity index (χ0n) is 59.4. The van der Waals surface area contributed by atoms with Gasteiger partial charge in [-0.15, -0.1) is 0 Å². The zero-order chi connectivity index (χ0) is 71.4. The third-order valence-corrected chi connectivity index (χ3v) is 22.2. The van der Waals surface area contributed by atoms with E-state index >= 15 is 0 Å². The maximum absolute atomic E-state index is 2.39. The Balaban J connectivity index is 0.000000144. The minimum atomic E-state index is 1.21. The van der Waals surface area contributed by atoms with Crippen LogP contribution in [0.2, 0.25) is 0 Å². The van der Waals surface area contributed by atoms with Crippen LogP contribution in [0.25, 0.3) is 208 Å². The molecule has 0 radical (unpaired) electrons. The molecule has 0 fully saturated rings. The van der Waals surface area contributed by atoms with E-state index in [0.29, 0.717) is 0 Å². The maximum atomic E-state index is 2.39. The zero-order valence-corrected chi connectivity index (χ0v) is 59.4. The molecule has 0 heteroatoms. The van der Waals surface area contributed by atoms with Gasteiger partial charge in [-0.1, -0.05) is 376 Å². The Labute approximate surface area is 628 Å². The fourth-order valence-corrected chi connectivity index (χ4v) is 17.0. The lowest BCUT2D eigenvalue weighted by molar-refractivity contribution is 1.57. The van der Waals surface area contributed by atoms with Crippen LogP contribution in [-0.4, -0.2) is 0 Å². The van der Waals surface area contributed by atoms with Crippen molar-refractivity contribution in [2.45, 2.75) is 0 Å². The molecule has 0 nitrogen and oxygen atoms in total. The molecule has 0 atom stereocenters. The van der Waals surface area contributed by atoms with Gasteiger partial charge in [0.1, 0.15) is 0 Å². The summed E-state index contributed by atoms with van der Waals surface area (Å²) in [4.78, 5) is 0. The molecule has 0 aliphatic rings. The van der Waals surface area contributed by atoms with Gasteiger partial charge in [0.05, 0.1) is 0 Å². The summed E-state index contributed by atoms with van der Waals surface area (Å²) in [6.45, 7) is 0. The van der Waals surface area contributed by atoms with Crippen LogP contribution in [0.5, 0.6) is 0 Å². The number of rotatable bonds is 10. The second kappa shape index (κ2) is 27.2. The monoisotopic (exact) mass is 1370 g/mol. The quantitative estimate of drug-likeness (QED) is 0.120. The van der Waals surface area contributed by atoms with Crippen LogP contribution in [0.3, 0.4) is 0 Å². The molecule has 0 aliphatic heterocycles. The number of hydrogen-bond donors (Lipinski definition) is 0. The molecule has 0 amide bonds. The largest absolute Gasteiger partial charge is 0.0622 e. The summed E-state index contributed by atoms with van der Waals surface area (Å²) in [7, 11) is 0. The molecule has 0 spiro atoms. The Kier molecular flexibility index (Phi) is 16.0. The molecular weight excluding hydrogens is 1300 g/mol. The van der Waals surface area contributed by atoms with Crippen molar-refractivity contribution in [3.63, 3.8) is 0 Å². The van der Waals surface area contributed by atoms with E-state index in [0.717, 1.165) is 0 Å². The Bertz CT molecular complexity index is 6880. The van der Waals surface area contributed by atoms with Gasteiger partial charge in [-0.05, 0) is 257 Å². The summed E-state index contributed by atoms with van der Waals surface area (Å²) in [5.41, 5.74) is 24.7. The third kappa shape index (κ3) is 11.6. The van der Waals surface area contributed by atoms with Gasteiger partial charge >= 0.3 is 0 Å². The number of benzene rings is 21. The third-order valence-electron chi connectivity index (χ3n) is 22.2. The minimum absolute atomic E-state index is 1.21. The molecule has 0 unspecified atom stereocenters. The molecule has 21 aromatic rings. The van der Waals surface area contributed by atoms with E-state index in [9.17, 15) is 0 Å². The molecule has 0 aromatic heterocycles. The van der Waals surface area contributed by atoms with Crippen LogP contribution in [0.1, 0.15) is 0 Å². The lowest BCUT2D eigenvalue weighted by Crippen LogP contribution is -1.91. The molecule has 21 rings (SSSR count). The predicted molar refractivity (Wildman–Crippen MR) is 465 cm³/mol. The summed E-state index contributed by atoms with van der Waals surface area (Å²) in [6, 6.07) is 156. The summed E-state index contributed by atoms with van der Waals surface area (Å²) < 4.78 is 0. The van der Waals surface area contributed by atoms with Gasteiger partial charge in [-0.2, -0.15) is 0 Å². The summed E-state index contributed by atoms with van der Waals surface area (Å²) >= 11 is 0. The molecule has 0 N–H and O–H groups in total. The first-order valence-corrected chi connectivity index (χ1v) is 37.4. The Morgan fingerprint density at radius 1 is 0.0926 bits per heavy atom. The second-order valence-corrected chi connectivity index (χ2v) is 28.5. The lowest BCUT2D eigenvalue weighted by atomic mass is 9.85. The SMILES string of the molecule is c1ccc(-c2cc(-c3ccccc3)cc(-c3ccc4ccc(-c5c6ccccc6c(-c6ccc(-c7cccc8ccccc78)cc6)c6ccccc56)cc4c3)c2)cc1.c1ccc2cc(-c3ccc4ccc(-c5c6ccccc6c(-c6ccc(-c7cccc8ccccc78)cc6)c6ccccc56)cc4c3)ccc2c1. The molecule has 108 heavy (non-hydrogen) atoms. The molecular formula is C108H70. The van der Waals surface area contributed by atoms with E-state index < -0.39 is 0 Å². The summed E-state index contributed by atoms with van der Waals surface area (Å²) in [5.74, 6) is 0. The average molecular weight is 1370 g/mol. The van der Waals surface area contributed by atoms with E-state index in [2.05, 4.69) is 425 Å². The van der Waals surface area contributed by atoms with Gasteiger partial charge in [0.2, 0.25) is 0 Å². The maximum Gasteiger partial charge on any atom is -0.00262 e. The van der Waals surface area contributed by atoms with Crippen LogP contribution >= 0.6 is 0 Å². The molecule has 0 bridgehead atoms. The first kappa shape index (κ1) is 63.6. The normalized spacial score (nSPS) is 11.5. The predicted octanol–water partition coefficient (Wildman–Crippen LogP) is 30.4. The molecule has 0 heterocycles. The summed E-state index contributed by atoms with van der Waals surface area (Å²) in [6.07, 6.45) is 0. The van der Waals surface area contributed by atoms with Crippen molar-refractivity contribution in [3.05, 3.63) is 425 Å². The van der Waals surface area contributed by atoms with Crippen LogP contribution in [0.4, 0.5) is 0 Å². The molecule has 0 saturated heterocycles. The first-order valence-electron chi connectivity index (χ1n) is 37.4. The highest BCUT2D eigenvalue weighted by molar-refractivity contribution is 6.24.